The molecule has 5 nitrogen and oxygen atoms in total. The fraction of sp³-hybridized carbons (Fsp3) is 0.312. The van der Waals surface area contributed by atoms with Gasteiger partial charge in [-0.25, -0.2) is 4.98 Å². The van der Waals surface area contributed by atoms with E-state index in [1.807, 2.05) is 30.0 Å². The molecule has 0 aliphatic carbocycles. The number of aromatic nitrogens is 2. The molecule has 1 unspecified atom stereocenters. The lowest BCUT2D eigenvalue weighted by Crippen LogP contribution is -2.43. The van der Waals surface area contributed by atoms with Crippen molar-refractivity contribution in [2.24, 2.45) is 5.73 Å². The summed E-state index contributed by atoms with van der Waals surface area (Å²) in [5.74, 6) is -0.104. The monoisotopic (exact) mass is 282 g/mol. The van der Waals surface area contributed by atoms with Crippen LogP contribution in [-0.2, 0) is 6.42 Å². The third-order valence-corrected chi connectivity index (χ3v) is 3.90. The average molecular weight is 282 g/mol. The highest BCUT2D eigenvalue weighted by atomic mass is 16.2. The standard InChI is InChI=1S/C16H18N4O/c1-11-9-19-14(10-18-11)16(21)20-7-6-12-4-2-3-5-13(12)15(20)8-17/h2-5,9-10,15H,6-8,17H2,1H3. The number of fused-ring (bicyclic) bond motifs is 1. The maximum Gasteiger partial charge on any atom is 0.274 e. The number of hydrogen-bond donors (Lipinski definition) is 1. The van der Waals surface area contributed by atoms with Gasteiger partial charge in [-0.1, -0.05) is 24.3 Å². The van der Waals surface area contributed by atoms with Gasteiger partial charge in [-0.15, -0.1) is 0 Å². The van der Waals surface area contributed by atoms with Crippen molar-refractivity contribution in [3.05, 3.63) is 59.2 Å². The average Bonchev–Trinajstić information content (AvgIpc) is 2.53. The molecule has 1 atom stereocenters. The second kappa shape index (κ2) is 5.61. The van der Waals surface area contributed by atoms with Crippen LogP contribution in [0.5, 0.6) is 0 Å². The molecule has 0 saturated carbocycles. The van der Waals surface area contributed by atoms with Gasteiger partial charge in [0.25, 0.3) is 5.91 Å². The van der Waals surface area contributed by atoms with Crippen molar-refractivity contribution in [3.8, 4) is 0 Å². The first kappa shape index (κ1) is 13.7. The third kappa shape index (κ3) is 2.52. The zero-order chi connectivity index (χ0) is 14.8. The lowest BCUT2D eigenvalue weighted by Gasteiger charge is -2.36. The molecule has 2 heterocycles. The summed E-state index contributed by atoms with van der Waals surface area (Å²) in [4.78, 5) is 22.8. The first-order valence-electron chi connectivity index (χ1n) is 7.08. The summed E-state index contributed by atoms with van der Waals surface area (Å²) < 4.78 is 0. The van der Waals surface area contributed by atoms with Gasteiger partial charge in [-0.05, 0) is 24.5 Å². The van der Waals surface area contributed by atoms with Crippen LogP contribution in [-0.4, -0.2) is 33.9 Å². The van der Waals surface area contributed by atoms with Crippen LogP contribution >= 0.6 is 0 Å². The summed E-state index contributed by atoms with van der Waals surface area (Å²) in [6.45, 7) is 2.91. The second-order valence-electron chi connectivity index (χ2n) is 5.24. The number of amides is 1. The summed E-state index contributed by atoms with van der Waals surface area (Å²) in [5, 5.41) is 0. The van der Waals surface area contributed by atoms with Gasteiger partial charge in [0.05, 0.1) is 17.9 Å². The van der Waals surface area contributed by atoms with Crippen LogP contribution in [0, 0.1) is 6.92 Å². The highest BCUT2D eigenvalue weighted by Crippen LogP contribution is 2.29. The van der Waals surface area contributed by atoms with E-state index >= 15 is 0 Å². The number of hydrogen-bond acceptors (Lipinski definition) is 4. The molecule has 3 rings (SSSR count). The van der Waals surface area contributed by atoms with Crippen molar-refractivity contribution in [3.63, 3.8) is 0 Å². The first-order chi connectivity index (χ1) is 10.2. The minimum Gasteiger partial charge on any atom is -0.329 e. The molecule has 21 heavy (non-hydrogen) atoms. The molecule has 0 bridgehead atoms. The molecule has 0 fully saturated rings. The smallest absolute Gasteiger partial charge is 0.274 e. The van der Waals surface area contributed by atoms with Crippen molar-refractivity contribution in [2.75, 3.05) is 13.1 Å². The molecular formula is C16H18N4O. The Morgan fingerprint density at radius 3 is 2.86 bits per heavy atom. The fourth-order valence-corrected chi connectivity index (χ4v) is 2.80. The van der Waals surface area contributed by atoms with Gasteiger partial charge >= 0.3 is 0 Å². The summed E-state index contributed by atoms with van der Waals surface area (Å²) in [6, 6.07) is 8.07. The molecule has 0 spiro atoms. The lowest BCUT2D eigenvalue weighted by molar-refractivity contribution is 0.0661. The van der Waals surface area contributed by atoms with Crippen LogP contribution in [0.25, 0.3) is 0 Å². The molecule has 1 aliphatic heterocycles. The summed E-state index contributed by atoms with van der Waals surface area (Å²) in [6.07, 6.45) is 3.99. The van der Waals surface area contributed by atoms with Gasteiger partial charge in [0.1, 0.15) is 5.69 Å². The molecule has 108 valence electrons. The molecule has 2 aromatic rings. The Labute approximate surface area is 123 Å². The van der Waals surface area contributed by atoms with Gasteiger partial charge in [-0.2, -0.15) is 0 Å². The van der Waals surface area contributed by atoms with E-state index in [1.54, 1.807) is 6.20 Å². The third-order valence-electron chi connectivity index (χ3n) is 3.90. The van der Waals surface area contributed by atoms with E-state index in [0.717, 1.165) is 17.7 Å². The van der Waals surface area contributed by atoms with Gasteiger partial charge in [-0.3, -0.25) is 9.78 Å². The van der Waals surface area contributed by atoms with Crippen LogP contribution in [0.4, 0.5) is 0 Å². The molecule has 0 radical (unpaired) electrons. The Balaban J connectivity index is 1.92. The Morgan fingerprint density at radius 2 is 2.14 bits per heavy atom. The lowest BCUT2D eigenvalue weighted by atomic mass is 9.92. The number of carbonyl (C=O) groups excluding carboxylic acids is 1. The van der Waals surface area contributed by atoms with E-state index in [4.69, 9.17) is 5.73 Å². The summed E-state index contributed by atoms with van der Waals surface area (Å²) in [5.41, 5.74) is 9.50. The largest absolute Gasteiger partial charge is 0.329 e. The summed E-state index contributed by atoms with van der Waals surface area (Å²) in [7, 11) is 0. The van der Waals surface area contributed by atoms with Crippen LogP contribution < -0.4 is 5.73 Å². The quantitative estimate of drug-likeness (QED) is 0.905. The number of nitrogens with two attached hydrogens (primary N) is 1. The predicted octanol–water partition coefficient (Wildman–Crippen LogP) is 1.48. The van der Waals surface area contributed by atoms with Gasteiger partial charge < -0.3 is 10.6 Å². The topological polar surface area (TPSA) is 72.1 Å². The van der Waals surface area contributed by atoms with Gasteiger partial charge in [0, 0.05) is 19.3 Å². The van der Waals surface area contributed by atoms with Crippen molar-refractivity contribution in [1.29, 1.82) is 0 Å². The second-order valence-corrected chi connectivity index (χ2v) is 5.24. The first-order valence-corrected chi connectivity index (χ1v) is 7.08. The Kier molecular flexibility index (Phi) is 3.66. The normalized spacial score (nSPS) is 17.4. The molecular weight excluding hydrogens is 264 g/mol. The maximum absolute atomic E-state index is 12.7. The summed E-state index contributed by atoms with van der Waals surface area (Å²) >= 11 is 0. The van der Waals surface area contributed by atoms with Gasteiger partial charge in [0.2, 0.25) is 0 Å². The number of aryl methyl sites for hydroxylation is 1. The van der Waals surface area contributed by atoms with Crippen LogP contribution in [0.1, 0.15) is 33.4 Å². The number of benzene rings is 1. The van der Waals surface area contributed by atoms with E-state index in [0.29, 0.717) is 18.8 Å². The minimum atomic E-state index is -0.104. The number of carbonyl (C=O) groups is 1. The Hall–Kier alpha value is -2.27. The predicted molar refractivity (Wildman–Crippen MR) is 79.7 cm³/mol. The zero-order valence-electron chi connectivity index (χ0n) is 12.0. The Morgan fingerprint density at radius 1 is 1.33 bits per heavy atom. The number of nitrogens with zero attached hydrogens (tertiary/aromatic N) is 3. The number of rotatable bonds is 2. The van der Waals surface area contributed by atoms with Crippen molar-refractivity contribution in [2.45, 2.75) is 19.4 Å². The van der Waals surface area contributed by atoms with E-state index in [9.17, 15) is 4.79 Å². The minimum absolute atomic E-state index is 0.0921. The molecule has 0 saturated heterocycles. The molecule has 1 amide bonds. The fourth-order valence-electron chi connectivity index (χ4n) is 2.80. The van der Waals surface area contributed by atoms with Crippen LogP contribution in [0.2, 0.25) is 0 Å². The van der Waals surface area contributed by atoms with E-state index < -0.39 is 0 Å². The highest BCUT2D eigenvalue weighted by molar-refractivity contribution is 5.92. The van der Waals surface area contributed by atoms with Crippen molar-refractivity contribution in [1.82, 2.24) is 14.9 Å². The SMILES string of the molecule is Cc1cnc(C(=O)N2CCc3ccccc3C2CN)cn1. The molecule has 1 aromatic heterocycles. The van der Waals surface area contributed by atoms with Crippen LogP contribution in [0.3, 0.4) is 0 Å². The van der Waals surface area contributed by atoms with Crippen molar-refractivity contribution < 1.29 is 4.79 Å². The highest BCUT2D eigenvalue weighted by Gasteiger charge is 2.30. The van der Waals surface area contributed by atoms with Crippen molar-refractivity contribution >= 4 is 5.91 Å². The van der Waals surface area contributed by atoms with E-state index in [2.05, 4.69) is 16.0 Å². The van der Waals surface area contributed by atoms with E-state index in [-0.39, 0.29) is 11.9 Å². The molecule has 2 N–H and O–H groups in total. The van der Waals surface area contributed by atoms with Gasteiger partial charge in [0.15, 0.2) is 0 Å². The van der Waals surface area contributed by atoms with E-state index in [1.165, 1.54) is 11.8 Å². The van der Waals surface area contributed by atoms with Crippen LogP contribution in [0.15, 0.2) is 36.7 Å². The maximum atomic E-state index is 12.7. The Bertz CT molecular complexity index is 654. The molecule has 1 aromatic carbocycles. The zero-order valence-corrected chi connectivity index (χ0v) is 12.0. The molecule has 5 heteroatoms. The molecule has 1 aliphatic rings.